The molecule has 0 spiro atoms. The zero-order chi connectivity index (χ0) is 24.7. The lowest BCUT2D eigenvalue weighted by molar-refractivity contribution is -0.113. The Kier molecular flexibility index (Phi) is 8.42. The van der Waals surface area contributed by atoms with Crippen molar-refractivity contribution in [3.63, 3.8) is 0 Å². The SMILES string of the molecule is CCOC(=O)c1ccc(NC(=O)CSc2nnc([C@H](C)NC(=O)c3cccc(C)c3)n2C)cc1. The fraction of sp³-hybridized carbons (Fsp3) is 0.292. The number of aromatic nitrogens is 3. The maximum absolute atomic E-state index is 12.5. The minimum Gasteiger partial charge on any atom is -0.462 e. The number of hydrogen-bond donors (Lipinski definition) is 2. The van der Waals surface area contributed by atoms with E-state index in [1.165, 1.54) is 11.8 Å². The van der Waals surface area contributed by atoms with Crippen LogP contribution in [0.3, 0.4) is 0 Å². The number of amides is 2. The molecular weight excluding hydrogens is 454 g/mol. The number of carbonyl (C=O) groups is 3. The summed E-state index contributed by atoms with van der Waals surface area (Å²) >= 11 is 1.23. The van der Waals surface area contributed by atoms with Crippen molar-refractivity contribution < 1.29 is 19.1 Å². The van der Waals surface area contributed by atoms with Crippen LogP contribution < -0.4 is 10.6 Å². The van der Waals surface area contributed by atoms with Crippen LogP contribution in [0.5, 0.6) is 0 Å². The summed E-state index contributed by atoms with van der Waals surface area (Å²) in [5.74, 6) is -0.118. The van der Waals surface area contributed by atoms with Gasteiger partial charge in [0.25, 0.3) is 5.91 Å². The number of hydrogen-bond acceptors (Lipinski definition) is 7. The van der Waals surface area contributed by atoms with Crippen molar-refractivity contribution in [3.05, 3.63) is 71.0 Å². The second-order valence-electron chi connectivity index (χ2n) is 7.60. The maximum Gasteiger partial charge on any atom is 0.338 e. The van der Waals surface area contributed by atoms with E-state index in [9.17, 15) is 14.4 Å². The minimum atomic E-state index is -0.404. The molecule has 0 radical (unpaired) electrons. The van der Waals surface area contributed by atoms with Crippen LogP contribution in [0.4, 0.5) is 5.69 Å². The summed E-state index contributed by atoms with van der Waals surface area (Å²) in [6, 6.07) is 13.5. The van der Waals surface area contributed by atoms with E-state index >= 15 is 0 Å². The van der Waals surface area contributed by atoms with Crippen LogP contribution in [0.25, 0.3) is 0 Å². The van der Waals surface area contributed by atoms with Crippen molar-refractivity contribution in [1.82, 2.24) is 20.1 Å². The number of anilines is 1. The summed E-state index contributed by atoms with van der Waals surface area (Å²) in [5.41, 5.74) is 2.58. The highest BCUT2D eigenvalue weighted by Gasteiger charge is 2.19. The number of thioether (sulfide) groups is 1. The zero-order valence-electron chi connectivity index (χ0n) is 19.5. The molecule has 0 saturated carbocycles. The standard InChI is InChI=1S/C24H27N5O4S/c1-5-33-23(32)17-9-11-19(12-10-17)26-20(30)14-34-24-28-27-21(29(24)4)16(3)25-22(31)18-8-6-7-15(2)13-18/h6-13,16H,5,14H2,1-4H3,(H,25,31)(H,26,30)/t16-/m0/s1. The van der Waals surface area contributed by atoms with E-state index in [4.69, 9.17) is 4.74 Å². The van der Waals surface area contributed by atoms with Gasteiger partial charge < -0.3 is 19.9 Å². The molecule has 3 rings (SSSR count). The molecule has 0 bridgehead atoms. The fourth-order valence-corrected chi connectivity index (χ4v) is 3.91. The maximum atomic E-state index is 12.5. The van der Waals surface area contributed by atoms with Gasteiger partial charge in [0, 0.05) is 18.3 Å². The predicted molar refractivity (Wildman–Crippen MR) is 130 cm³/mol. The Morgan fingerprint density at radius 2 is 1.82 bits per heavy atom. The molecule has 2 N–H and O–H groups in total. The molecule has 0 aliphatic carbocycles. The van der Waals surface area contributed by atoms with Gasteiger partial charge in [0.05, 0.1) is 24.0 Å². The van der Waals surface area contributed by atoms with E-state index in [1.54, 1.807) is 48.9 Å². The summed E-state index contributed by atoms with van der Waals surface area (Å²) in [6.07, 6.45) is 0. The summed E-state index contributed by atoms with van der Waals surface area (Å²) in [7, 11) is 1.79. The van der Waals surface area contributed by atoms with Gasteiger partial charge >= 0.3 is 5.97 Å². The van der Waals surface area contributed by atoms with E-state index in [-0.39, 0.29) is 23.6 Å². The Balaban J connectivity index is 1.54. The lowest BCUT2D eigenvalue weighted by Crippen LogP contribution is -2.28. The Labute approximate surface area is 202 Å². The van der Waals surface area contributed by atoms with Crippen molar-refractivity contribution in [3.8, 4) is 0 Å². The van der Waals surface area contributed by atoms with Gasteiger partial charge in [-0.2, -0.15) is 0 Å². The van der Waals surface area contributed by atoms with Gasteiger partial charge in [-0.1, -0.05) is 29.5 Å². The highest BCUT2D eigenvalue weighted by atomic mass is 32.2. The van der Waals surface area contributed by atoms with Crippen molar-refractivity contribution in [2.75, 3.05) is 17.7 Å². The molecule has 9 nitrogen and oxygen atoms in total. The summed E-state index contributed by atoms with van der Waals surface area (Å²) < 4.78 is 6.70. The van der Waals surface area contributed by atoms with Crippen LogP contribution in [0.1, 0.15) is 52.0 Å². The normalized spacial score (nSPS) is 11.5. The molecule has 0 saturated heterocycles. The van der Waals surface area contributed by atoms with Crippen LogP contribution in [-0.2, 0) is 16.6 Å². The third kappa shape index (κ3) is 6.44. The third-order valence-corrected chi connectivity index (χ3v) is 5.92. The van der Waals surface area contributed by atoms with Gasteiger partial charge in [-0.15, -0.1) is 10.2 Å². The second kappa shape index (κ2) is 11.5. The van der Waals surface area contributed by atoms with E-state index in [1.807, 2.05) is 32.0 Å². The van der Waals surface area contributed by atoms with Gasteiger partial charge in [0.1, 0.15) is 0 Å². The Hall–Kier alpha value is -3.66. The number of rotatable bonds is 9. The first-order valence-corrected chi connectivity index (χ1v) is 11.7. The third-order valence-electron chi connectivity index (χ3n) is 4.90. The number of esters is 1. The summed E-state index contributed by atoms with van der Waals surface area (Å²) in [5, 5.41) is 14.6. The van der Waals surface area contributed by atoms with Crippen LogP contribution in [0.15, 0.2) is 53.7 Å². The number of aryl methyl sites for hydroxylation is 1. The molecule has 1 atom stereocenters. The van der Waals surface area contributed by atoms with Gasteiger partial charge in [-0.25, -0.2) is 4.79 Å². The molecule has 0 unspecified atom stereocenters. The molecule has 3 aromatic rings. The molecule has 1 heterocycles. The lowest BCUT2D eigenvalue weighted by atomic mass is 10.1. The molecule has 34 heavy (non-hydrogen) atoms. The first-order chi connectivity index (χ1) is 16.3. The summed E-state index contributed by atoms with van der Waals surface area (Å²) in [6.45, 7) is 5.81. The fourth-order valence-electron chi connectivity index (χ4n) is 3.19. The molecule has 2 aromatic carbocycles. The van der Waals surface area contributed by atoms with E-state index in [0.717, 1.165) is 5.56 Å². The Morgan fingerprint density at radius 1 is 1.09 bits per heavy atom. The Morgan fingerprint density at radius 3 is 2.50 bits per heavy atom. The molecular formula is C24H27N5O4S. The quantitative estimate of drug-likeness (QED) is 0.355. The average molecular weight is 482 g/mol. The molecule has 0 fully saturated rings. The monoisotopic (exact) mass is 481 g/mol. The number of carbonyl (C=O) groups excluding carboxylic acids is 3. The lowest BCUT2D eigenvalue weighted by Gasteiger charge is -2.14. The minimum absolute atomic E-state index is 0.121. The second-order valence-corrected chi connectivity index (χ2v) is 8.54. The van der Waals surface area contributed by atoms with Gasteiger partial charge in [0.15, 0.2) is 11.0 Å². The topological polar surface area (TPSA) is 115 Å². The van der Waals surface area contributed by atoms with Crippen molar-refractivity contribution in [2.45, 2.75) is 32.0 Å². The number of ether oxygens (including phenoxy) is 1. The van der Waals surface area contributed by atoms with Crippen LogP contribution in [-0.4, -0.2) is 44.9 Å². The Bertz CT molecular complexity index is 1180. The van der Waals surface area contributed by atoms with E-state index < -0.39 is 5.97 Å². The largest absolute Gasteiger partial charge is 0.462 e. The number of nitrogens with zero attached hydrogens (tertiary/aromatic N) is 3. The van der Waals surface area contributed by atoms with E-state index in [2.05, 4.69) is 20.8 Å². The van der Waals surface area contributed by atoms with E-state index in [0.29, 0.717) is 34.4 Å². The van der Waals surface area contributed by atoms with Gasteiger partial charge in [-0.05, 0) is 57.2 Å². The smallest absolute Gasteiger partial charge is 0.338 e. The molecule has 0 aliphatic rings. The van der Waals surface area contributed by atoms with Crippen LogP contribution in [0.2, 0.25) is 0 Å². The molecule has 2 amide bonds. The number of nitrogens with one attached hydrogen (secondary N) is 2. The van der Waals surface area contributed by atoms with Crippen molar-refractivity contribution in [1.29, 1.82) is 0 Å². The van der Waals surface area contributed by atoms with Crippen molar-refractivity contribution in [2.24, 2.45) is 7.05 Å². The zero-order valence-corrected chi connectivity index (χ0v) is 20.3. The van der Waals surface area contributed by atoms with Crippen molar-refractivity contribution >= 4 is 35.2 Å². The van der Waals surface area contributed by atoms with Gasteiger partial charge in [0.2, 0.25) is 5.91 Å². The predicted octanol–water partition coefficient (Wildman–Crippen LogP) is 3.52. The average Bonchev–Trinajstić information content (AvgIpc) is 3.18. The first kappa shape index (κ1) is 25.0. The van der Waals surface area contributed by atoms with Gasteiger partial charge in [-0.3, -0.25) is 9.59 Å². The highest BCUT2D eigenvalue weighted by Crippen LogP contribution is 2.20. The first-order valence-electron chi connectivity index (χ1n) is 10.7. The molecule has 1 aromatic heterocycles. The highest BCUT2D eigenvalue weighted by molar-refractivity contribution is 7.99. The molecule has 10 heteroatoms. The molecule has 178 valence electrons. The number of benzene rings is 2. The molecule has 0 aliphatic heterocycles. The van der Waals surface area contributed by atoms with Crippen LogP contribution >= 0.6 is 11.8 Å². The van der Waals surface area contributed by atoms with Crippen LogP contribution in [0, 0.1) is 6.92 Å². The summed E-state index contributed by atoms with van der Waals surface area (Å²) in [4.78, 5) is 36.6.